The largest absolute Gasteiger partial charge is 0.355 e. The van der Waals surface area contributed by atoms with Gasteiger partial charge in [0.15, 0.2) is 5.82 Å². The van der Waals surface area contributed by atoms with Gasteiger partial charge >= 0.3 is 0 Å². The molecule has 2 heterocycles. The van der Waals surface area contributed by atoms with E-state index in [0.29, 0.717) is 11.1 Å². The second-order valence-electron chi connectivity index (χ2n) is 9.41. The van der Waals surface area contributed by atoms with Crippen molar-refractivity contribution in [3.63, 3.8) is 0 Å². The Morgan fingerprint density at radius 3 is 2.53 bits per heavy atom. The number of allylic oxidation sites excluding steroid dienone is 1. The molecule has 2 aromatic rings. The predicted octanol–water partition coefficient (Wildman–Crippen LogP) is 2.85. The lowest BCUT2D eigenvalue weighted by Crippen LogP contribution is -2.47. The Bertz CT molecular complexity index is 1330. The summed E-state index contributed by atoms with van der Waals surface area (Å²) < 4.78 is 35.5. The number of aromatic nitrogens is 3. The van der Waals surface area contributed by atoms with Crippen LogP contribution in [0.2, 0.25) is 0 Å². The maximum absolute atomic E-state index is 13.9. The number of halogens is 1. The zero-order chi connectivity index (χ0) is 27.4. The molecule has 36 heavy (non-hydrogen) atoms. The lowest BCUT2D eigenvalue weighted by molar-refractivity contribution is -0.133. The number of rotatable bonds is 9. The van der Waals surface area contributed by atoms with Crippen LogP contribution in [0, 0.1) is 6.92 Å². The second kappa shape index (κ2) is 11.1. The van der Waals surface area contributed by atoms with Crippen molar-refractivity contribution in [1.82, 2.24) is 24.6 Å². The average Bonchev–Trinajstić information content (AvgIpc) is 3.06. The van der Waals surface area contributed by atoms with E-state index in [2.05, 4.69) is 37.6 Å². The van der Waals surface area contributed by atoms with E-state index in [1.807, 2.05) is 20.8 Å². The normalized spacial score (nSPS) is 16.2. The van der Waals surface area contributed by atoms with Crippen LogP contribution in [-0.2, 0) is 19.2 Å². The maximum Gasteiger partial charge on any atom is 0.264 e. The SMILES string of the molecule is C=CC(=Nc1ncnn2cc(C(=O)NS(=C)(C)=O)c(C)c12)C(/C=C(\C)F)OC(C)C(=O)NC(C)(C)C. The Balaban J connectivity index is 2.54. The number of carbonyl (C=O) groups is 2. The quantitative estimate of drug-likeness (QED) is 0.387. The summed E-state index contributed by atoms with van der Waals surface area (Å²) >= 11 is 0. The minimum absolute atomic E-state index is 0.161. The van der Waals surface area contributed by atoms with Gasteiger partial charge in [-0.25, -0.2) is 23.1 Å². The van der Waals surface area contributed by atoms with Crippen LogP contribution in [-0.4, -0.2) is 66.2 Å². The second-order valence-corrected chi connectivity index (χ2v) is 11.6. The number of nitrogens with zero attached hydrogens (tertiary/aromatic N) is 4. The average molecular weight is 521 g/mol. The van der Waals surface area contributed by atoms with E-state index in [4.69, 9.17) is 4.74 Å². The number of ether oxygens (including phenoxy) is 1. The van der Waals surface area contributed by atoms with Crippen molar-refractivity contribution in [2.24, 2.45) is 4.99 Å². The van der Waals surface area contributed by atoms with Gasteiger partial charge in [-0.2, -0.15) is 5.10 Å². The van der Waals surface area contributed by atoms with Crippen molar-refractivity contribution in [1.29, 1.82) is 0 Å². The van der Waals surface area contributed by atoms with Crippen LogP contribution in [0.3, 0.4) is 0 Å². The Hall–Kier alpha value is -3.38. The molecular weight excluding hydrogens is 487 g/mol. The molecule has 0 aliphatic heterocycles. The fraction of sp³-hybridized carbons (Fsp3) is 0.417. The van der Waals surface area contributed by atoms with Crippen LogP contribution in [0.4, 0.5) is 10.2 Å². The highest BCUT2D eigenvalue weighted by molar-refractivity contribution is 7.98. The van der Waals surface area contributed by atoms with Gasteiger partial charge in [0, 0.05) is 27.7 Å². The molecule has 2 amide bonds. The molecule has 0 saturated heterocycles. The molecule has 2 aromatic heterocycles. The zero-order valence-electron chi connectivity index (χ0n) is 21.6. The molecule has 0 fully saturated rings. The molecular formula is C24H33FN6O4S. The number of carbonyl (C=O) groups excluding carboxylic acids is 2. The number of amides is 2. The third-order valence-electron chi connectivity index (χ3n) is 4.70. The van der Waals surface area contributed by atoms with Crippen LogP contribution in [0.5, 0.6) is 0 Å². The summed E-state index contributed by atoms with van der Waals surface area (Å²) in [6, 6.07) is 0. The third kappa shape index (κ3) is 7.82. The zero-order valence-corrected chi connectivity index (χ0v) is 22.4. The van der Waals surface area contributed by atoms with Crippen LogP contribution < -0.4 is 10.0 Å². The molecule has 0 bridgehead atoms. The fourth-order valence-corrected chi connectivity index (χ4v) is 3.71. The first-order valence-corrected chi connectivity index (χ1v) is 13.2. The van der Waals surface area contributed by atoms with Crippen molar-refractivity contribution >= 4 is 44.4 Å². The van der Waals surface area contributed by atoms with Crippen molar-refractivity contribution in [2.75, 3.05) is 6.26 Å². The van der Waals surface area contributed by atoms with Crippen LogP contribution in [0.15, 0.2) is 42.1 Å². The van der Waals surface area contributed by atoms with E-state index in [0.717, 1.165) is 0 Å². The number of aryl methyl sites for hydroxylation is 1. The Morgan fingerprint density at radius 1 is 1.36 bits per heavy atom. The molecule has 0 radical (unpaired) electrons. The van der Waals surface area contributed by atoms with E-state index in [9.17, 15) is 18.2 Å². The Morgan fingerprint density at radius 2 is 2.00 bits per heavy atom. The number of hydrogen-bond donors (Lipinski definition) is 2. The predicted molar refractivity (Wildman–Crippen MR) is 141 cm³/mol. The van der Waals surface area contributed by atoms with E-state index in [1.54, 1.807) is 13.8 Å². The number of hydrogen-bond acceptors (Lipinski definition) is 7. The van der Waals surface area contributed by atoms with E-state index in [1.165, 1.54) is 42.4 Å². The molecule has 2 rings (SSSR count). The minimum atomic E-state index is -2.79. The van der Waals surface area contributed by atoms with Gasteiger partial charge in [-0.1, -0.05) is 6.58 Å². The number of aliphatic imine (C=N–C) groups is 1. The van der Waals surface area contributed by atoms with Gasteiger partial charge in [-0.3, -0.25) is 14.3 Å². The highest BCUT2D eigenvalue weighted by Gasteiger charge is 2.25. The first-order valence-electron chi connectivity index (χ1n) is 11.0. The summed E-state index contributed by atoms with van der Waals surface area (Å²) in [6.07, 6.45) is 4.56. The lowest BCUT2D eigenvalue weighted by atomic mass is 10.1. The fourth-order valence-electron chi connectivity index (χ4n) is 3.21. The van der Waals surface area contributed by atoms with Crippen LogP contribution in [0.1, 0.15) is 50.5 Å². The van der Waals surface area contributed by atoms with Crippen molar-refractivity contribution in [2.45, 2.75) is 59.3 Å². The van der Waals surface area contributed by atoms with E-state index >= 15 is 0 Å². The van der Waals surface area contributed by atoms with Gasteiger partial charge in [0.1, 0.15) is 24.1 Å². The maximum atomic E-state index is 13.9. The first-order chi connectivity index (χ1) is 16.5. The highest BCUT2D eigenvalue weighted by Crippen LogP contribution is 2.26. The van der Waals surface area contributed by atoms with Crippen LogP contribution in [0.25, 0.3) is 5.52 Å². The van der Waals surface area contributed by atoms with Crippen molar-refractivity contribution in [3.05, 3.63) is 48.2 Å². The number of fused-ring (bicyclic) bond motifs is 1. The summed E-state index contributed by atoms with van der Waals surface area (Å²) in [4.78, 5) is 33.9. The molecule has 12 heteroatoms. The monoisotopic (exact) mass is 520 g/mol. The van der Waals surface area contributed by atoms with Crippen LogP contribution >= 0.6 is 0 Å². The molecule has 10 nitrogen and oxygen atoms in total. The van der Waals surface area contributed by atoms with Crippen molar-refractivity contribution < 1.29 is 22.9 Å². The molecule has 0 spiro atoms. The summed E-state index contributed by atoms with van der Waals surface area (Å²) in [7, 11) is -2.79. The minimum Gasteiger partial charge on any atom is -0.355 e. The van der Waals surface area contributed by atoms with Gasteiger partial charge < -0.3 is 10.1 Å². The summed E-state index contributed by atoms with van der Waals surface area (Å²) in [6.45, 7) is 13.7. The molecule has 3 atom stereocenters. The standard InChI is InChI=1S/C24H33FN6O4S/c1-10-18(19(11-14(2)25)35-16(4)22(32)29-24(5,6)7)28-21-20-15(3)17(12-31(20)27-13-26-21)23(33)30-36(8,9)34/h10-13,16,19H,1,8H2,2-7,9H3,(H,29,32)(H,30,33,34)/b14-11+,28-18?. The first kappa shape index (κ1) is 28.9. The number of nitrogens with one attached hydrogen (secondary N) is 2. The van der Waals surface area contributed by atoms with Gasteiger partial charge in [-0.05, 0) is 65.1 Å². The smallest absolute Gasteiger partial charge is 0.264 e. The van der Waals surface area contributed by atoms with Gasteiger partial charge in [0.05, 0.1) is 17.1 Å². The lowest BCUT2D eigenvalue weighted by Gasteiger charge is -2.25. The Kier molecular flexibility index (Phi) is 8.92. The molecule has 0 aliphatic carbocycles. The van der Waals surface area contributed by atoms with Gasteiger partial charge in [0.2, 0.25) is 5.91 Å². The van der Waals surface area contributed by atoms with E-state index in [-0.39, 0.29) is 23.0 Å². The van der Waals surface area contributed by atoms with Gasteiger partial charge in [0.25, 0.3) is 5.91 Å². The molecule has 196 valence electrons. The summed E-state index contributed by atoms with van der Waals surface area (Å²) in [5.41, 5.74) is 0.792. The summed E-state index contributed by atoms with van der Waals surface area (Å²) in [5, 5.41) is 6.94. The third-order valence-corrected chi connectivity index (χ3v) is 5.31. The van der Waals surface area contributed by atoms with Crippen molar-refractivity contribution in [3.8, 4) is 0 Å². The molecule has 2 N–H and O–H groups in total. The highest BCUT2D eigenvalue weighted by atomic mass is 32.2. The Labute approximate surface area is 210 Å². The molecule has 0 aliphatic rings. The molecule has 0 saturated carbocycles. The summed E-state index contributed by atoms with van der Waals surface area (Å²) in [5.74, 6) is 2.09. The molecule has 0 aromatic carbocycles. The van der Waals surface area contributed by atoms with E-state index < -0.39 is 39.2 Å². The van der Waals surface area contributed by atoms with Gasteiger partial charge in [-0.15, -0.1) is 0 Å². The molecule has 3 unspecified atom stereocenters. The topological polar surface area (TPSA) is 127 Å².